The predicted molar refractivity (Wildman–Crippen MR) is 97.1 cm³/mol. The lowest BCUT2D eigenvalue weighted by molar-refractivity contribution is -0.134. The summed E-state index contributed by atoms with van der Waals surface area (Å²) in [4.78, 5) is 14.8. The molecule has 0 radical (unpaired) electrons. The Kier molecular flexibility index (Phi) is 5.24. The number of thioether (sulfide) groups is 1. The van der Waals surface area contributed by atoms with Gasteiger partial charge < -0.3 is 9.32 Å². The molecule has 1 saturated carbocycles. The molecule has 0 spiro atoms. The summed E-state index contributed by atoms with van der Waals surface area (Å²) >= 11 is 1.23. The highest BCUT2D eigenvalue weighted by atomic mass is 32.2. The Balaban J connectivity index is 1.38. The summed E-state index contributed by atoms with van der Waals surface area (Å²) in [5.41, 5.74) is 0.277. The van der Waals surface area contributed by atoms with Gasteiger partial charge in [0.1, 0.15) is 5.82 Å². The van der Waals surface area contributed by atoms with Gasteiger partial charge in [-0.3, -0.25) is 4.79 Å². The van der Waals surface area contributed by atoms with E-state index in [0.29, 0.717) is 17.2 Å². The van der Waals surface area contributed by atoms with Crippen molar-refractivity contribution in [2.45, 2.75) is 49.8 Å². The van der Waals surface area contributed by atoms with Crippen LogP contribution in [0.5, 0.6) is 0 Å². The number of likely N-dealkylation sites (tertiary alicyclic amines) is 1. The SMILES string of the molecule is O=C(CSc1nnc(-c2ccccc2F)o1)N1CCC[C@H]2CCCC[C@@H]21. The van der Waals surface area contributed by atoms with Crippen LogP contribution >= 0.6 is 11.8 Å². The van der Waals surface area contributed by atoms with Crippen molar-refractivity contribution in [3.63, 3.8) is 0 Å². The van der Waals surface area contributed by atoms with Crippen molar-refractivity contribution in [1.29, 1.82) is 0 Å². The Bertz CT molecular complexity index is 780. The minimum atomic E-state index is -0.402. The number of benzene rings is 1. The second-order valence-corrected chi connectivity index (χ2v) is 7.91. The van der Waals surface area contributed by atoms with Crippen LogP contribution < -0.4 is 0 Å². The number of carbonyl (C=O) groups excluding carboxylic acids is 1. The highest BCUT2D eigenvalue weighted by Gasteiger charge is 2.35. The van der Waals surface area contributed by atoms with Crippen molar-refractivity contribution in [3.05, 3.63) is 30.1 Å². The average Bonchev–Trinajstić information content (AvgIpc) is 3.15. The molecule has 0 unspecified atom stereocenters. The van der Waals surface area contributed by atoms with E-state index >= 15 is 0 Å². The van der Waals surface area contributed by atoms with Crippen LogP contribution in [0.4, 0.5) is 4.39 Å². The lowest BCUT2D eigenvalue weighted by atomic mass is 9.78. The zero-order valence-corrected chi connectivity index (χ0v) is 15.4. The van der Waals surface area contributed by atoms with Crippen LogP contribution in [0.1, 0.15) is 38.5 Å². The molecule has 1 amide bonds. The van der Waals surface area contributed by atoms with E-state index in [2.05, 4.69) is 15.1 Å². The Morgan fingerprint density at radius 2 is 2.00 bits per heavy atom. The van der Waals surface area contributed by atoms with Crippen LogP contribution in [0, 0.1) is 11.7 Å². The van der Waals surface area contributed by atoms with Crippen LogP contribution in [0.3, 0.4) is 0 Å². The second kappa shape index (κ2) is 7.78. The highest BCUT2D eigenvalue weighted by Crippen LogP contribution is 2.35. The molecule has 0 bridgehead atoms. The third-order valence-electron chi connectivity index (χ3n) is 5.39. The first-order valence-corrected chi connectivity index (χ1v) is 10.2. The fraction of sp³-hybridized carbons (Fsp3) is 0.526. The van der Waals surface area contributed by atoms with Gasteiger partial charge in [0, 0.05) is 12.6 Å². The van der Waals surface area contributed by atoms with E-state index in [1.165, 1.54) is 43.5 Å². The normalized spacial score (nSPS) is 22.9. The van der Waals surface area contributed by atoms with E-state index in [9.17, 15) is 9.18 Å². The Labute approximate surface area is 156 Å². The van der Waals surface area contributed by atoms with Gasteiger partial charge in [0.05, 0.1) is 11.3 Å². The lowest BCUT2D eigenvalue weighted by Gasteiger charge is -2.44. The average molecular weight is 375 g/mol. The molecule has 1 aliphatic heterocycles. The largest absolute Gasteiger partial charge is 0.411 e. The number of hydrogen-bond acceptors (Lipinski definition) is 5. The van der Waals surface area contributed by atoms with E-state index in [1.807, 2.05) is 0 Å². The maximum atomic E-state index is 13.8. The molecule has 4 rings (SSSR count). The summed E-state index contributed by atoms with van der Waals surface area (Å²) in [7, 11) is 0. The van der Waals surface area contributed by atoms with Gasteiger partial charge in [-0.05, 0) is 43.7 Å². The molecule has 0 N–H and O–H groups in total. The van der Waals surface area contributed by atoms with Gasteiger partial charge >= 0.3 is 0 Å². The number of halogens is 1. The smallest absolute Gasteiger partial charge is 0.277 e. The quantitative estimate of drug-likeness (QED) is 0.752. The molecule has 2 fully saturated rings. The Morgan fingerprint density at radius 1 is 1.19 bits per heavy atom. The van der Waals surface area contributed by atoms with Crippen molar-refractivity contribution in [3.8, 4) is 11.5 Å². The van der Waals surface area contributed by atoms with Crippen LogP contribution in [-0.4, -0.2) is 39.3 Å². The summed E-state index contributed by atoms with van der Waals surface area (Å²) in [6, 6.07) is 6.69. The molecule has 2 aromatic rings. The number of carbonyl (C=O) groups is 1. The number of fused-ring (bicyclic) bond motifs is 1. The van der Waals surface area contributed by atoms with Gasteiger partial charge in [-0.15, -0.1) is 10.2 Å². The lowest BCUT2D eigenvalue weighted by Crippen LogP contribution is -2.50. The zero-order valence-electron chi connectivity index (χ0n) is 14.6. The van der Waals surface area contributed by atoms with E-state index < -0.39 is 5.82 Å². The van der Waals surface area contributed by atoms with Crippen molar-refractivity contribution >= 4 is 17.7 Å². The van der Waals surface area contributed by atoms with Gasteiger partial charge in [-0.2, -0.15) is 0 Å². The number of rotatable bonds is 4. The predicted octanol–water partition coefficient (Wildman–Crippen LogP) is 4.15. The van der Waals surface area contributed by atoms with Gasteiger partial charge in [0.2, 0.25) is 5.91 Å². The first-order valence-electron chi connectivity index (χ1n) is 9.23. The van der Waals surface area contributed by atoms with E-state index in [-0.39, 0.29) is 23.1 Å². The summed E-state index contributed by atoms with van der Waals surface area (Å²) < 4.78 is 19.3. The van der Waals surface area contributed by atoms with E-state index in [0.717, 1.165) is 19.4 Å². The first-order chi connectivity index (χ1) is 12.7. The van der Waals surface area contributed by atoms with E-state index in [4.69, 9.17) is 4.42 Å². The first kappa shape index (κ1) is 17.5. The highest BCUT2D eigenvalue weighted by molar-refractivity contribution is 7.99. The topological polar surface area (TPSA) is 59.2 Å². The van der Waals surface area contributed by atoms with Gasteiger partial charge in [-0.25, -0.2) is 4.39 Å². The maximum absolute atomic E-state index is 13.8. The molecule has 26 heavy (non-hydrogen) atoms. The minimum Gasteiger partial charge on any atom is -0.411 e. The van der Waals surface area contributed by atoms with Gasteiger partial charge in [0.15, 0.2) is 0 Å². The molecular formula is C19H22FN3O2S. The molecule has 1 saturated heterocycles. The maximum Gasteiger partial charge on any atom is 0.277 e. The second-order valence-electron chi connectivity index (χ2n) is 6.98. The van der Waals surface area contributed by atoms with Crippen molar-refractivity contribution < 1.29 is 13.6 Å². The van der Waals surface area contributed by atoms with Crippen molar-refractivity contribution in [2.75, 3.05) is 12.3 Å². The zero-order chi connectivity index (χ0) is 17.9. The summed E-state index contributed by atoms with van der Waals surface area (Å²) in [6.45, 7) is 0.852. The molecule has 2 aliphatic rings. The fourth-order valence-corrected chi connectivity index (χ4v) is 4.80. The number of nitrogens with zero attached hydrogens (tertiary/aromatic N) is 3. The number of hydrogen-bond donors (Lipinski definition) is 0. The van der Waals surface area contributed by atoms with Crippen molar-refractivity contribution in [2.24, 2.45) is 5.92 Å². The van der Waals surface area contributed by atoms with Crippen LogP contribution in [-0.2, 0) is 4.79 Å². The summed E-state index contributed by atoms with van der Waals surface area (Å²) in [5, 5.41) is 8.14. The summed E-state index contributed by atoms with van der Waals surface area (Å²) in [6.07, 6.45) is 7.22. The minimum absolute atomic E-state index is 0.136. The van der Waals surface area contributed by atoms with Crippen LogP contribution in [0.15, 0.2) is 33.9 Å². The Hall–Kier alpha value is -1.89. The molecule has 1 aromatic heterocycles. The molecule has 2 heterocycles. The fourth-order valence-electron chi connectivity index (χ4n) is 4.15. The van der Waals surface area contributed by atoms with Crippen LogP contribution in [0.25, 0.3) is 11.5 Å². The molecule has 5 nitrogen and oxygen atoms in total. The number of piperidine rings is 1. The van der Waals surface area contributed by atoms with Gasteiger partial charge in [-0.1, -0.05) is 36.7 Å². The van der Waals surface area contributed by atoms with Gasteiger partial charge in [0.25, 0.3) is 11.1 Å². The number of amides is 1. The molecule has 138 valence electrons. The number of aromatic nitrogens is 2. The molecule has 1 aromatic carbocycles. The Morgan fingerprint density at radius 3 is 2.88 bits per heavy atom. The standard InChI is InChI=1S/C19H22FN3O2S/c20-15-9-3-2-8-14(15)18-21-22-19(25-18)26-12-17(24)23-11-5-7-13-6-1-4-10-16(13)23/h2-3,8-9,13,16H,1,4-7,10-12H2/t13-,16+/m1/s1. The summed E-state index contributed by atoms with van der Waals surface area (Å²) in [5.74, 6) is 0.825. The third kappa shape index (κ3) is 3.63. The van der Waals surface area contributed by atoms with Crippen molar-refractivity contribution in [1.82, 2.24) is 15.1 Å². The van der Waals surface area contributed by atoms with Crippen LogP contribution in [0.2, 0.25) is 0 Å². The third-order valence-corrected chi connectivity index (χ3v) is 6.20. The van der Waals surface area contributed by atoms with E-state index in [1.54, 1.807) is 18.2 Å². The molecule has 7 heteroatoms. The molecular weight excluding hydrogens is 353 g/mol. The molecule has 2 atom stereocenters. The molecule has 1 aliphatic carbocycles. The monoisotopic (exact) mass is 375 g/mol.